The molecule has 0 aromatic heterocycles. The zero-order valence-electron chi connectivity index (χ0n) is 42.2. The van der Waals surface area contributed by atoms with E-state index in [4.69, 9.17) is 24.2 Å². The third kappa shape index (κ3) is 14.7. The highest BCUT2D eigenvalue weighted by molar-refractivity contribution is 6.03. The van der Waals surface area contributed by atoms with E-state index in [0.29, 0.717) is 54.5 Å². The second kappa shape index (κ2) is 28.3. The lowest BCUT2D eigenvalue weighted by atomic mass is 9.55. The van der Waals surface area contributed by atoms with Crippen LogP contribution >= 0.6 is 0 Å². The summed E-state index contributed by atoms with van der Waals surface area (Å²) in [5.41, 5.74) is 3.09. The molecule has 3 aliphatic carbocycles. The number of carbonyl (C=O) groups is 2. The number of nitrogens with one attached hydrogen (secondary N) is 1. The molecule has 2 aromatic rings. The van der Waals surface area contributed by atoms with Crippen LogP contribution in [-0.2, 0) is 21.0 Å². The molecule has 6 rings (SSSR count). The molecule has 3 N–H and O–H groups in total. The van der Waals surface area contributed by atoms with Crippen LogP contribution in [0.25, 0.3) is 0 Å². The van der Waals surface area contributed by atoms with Gasteiger partial charge in [-0.1, -0.05) is 121 Å². The number of aliphatic hydroxyl groups is 2. The Kier molecular flexibility index (Phi) is 22.1. The zero-order valence-corrected chi connectivity index (χ0v) is 42.2. The van der Waals surface area contributed by atoms with Crippen molar-refractivity contribution in [2.45, 2.75) is 179 Å². The van der Waals surface area contributed by atoms with Crippen molar-refractivity contribution in [3.05, 3.63) is 88.0 Å². The number of amides is 2. The van der Waals surface area contributed by atoms with Gasteiger partial charge >= 0.3 is 6.09 Å². The first-order chi connectivity index (χ1) is 34.1. The minimum absolute atomic E-state index is 0.00170. The number of hydrogen-bond acceptors (Lipinski definition) is 11. The van der Waals surface area contributed by atoms with Gasteiger partial charge in [-0.05, 0) is 97.7 Å². The summed E-state index contributed by atoms with van der Waals surface area (Å²) >= 11 is 0. The number of allylic oxidation sites excluding steroid dienone is 1. The summed E-state index contributed by atoms with van der Waals surface area (Å²) < 4.78 is 20.4. The molecular formula is C56H82N4O10. The number of oxime groups is 1. The normalized spacial score (nSPS) is 23.2. The van der Waals surface area contributed by atoms with E-state index < -0.39 is 28.8 Å². The summed E-state index contributed by atoms with van der Waals surface area (Å²) in [7, 11) is 1.84. The van der Waals surface area contributed by atoms with Crippen molar-refractivity contribution >= 4 is 23.4 Å². The molecule has 6 atom stereocenters. The van der Waals surface area contributed by atoms with Gasteiger partial charge in [0.05, 0.1) is 23.2 Å². The molecule has 0 bridgehead atoms. The lowest BCUT2D eigenvalue weighted by Crippen LogP contribution is -2.69. The van der Waals surface area contributed by atoms with Crippen molar-refractivity contribution in [1.82, 2.24) is 10.2 Å². The average molecular weight is 971 g/mol. The van der Waals surface area contributed by atoms with Crippen molar-refractivity contribution in [3.63, 3.8) is 0 Å². The number of rotatable bonds is 31. The number of likely N-dealkylation sites (N-methyl/N-ethyl adjacent to an activating group) is 1. The van der Waals surface area contributed by atoms with Crippen molar-refractivity contribution < 1.29 is 43.8 Å². The molecule has 386 valence electrons. The van der Waals surface area contributed by atoms with Gasteiger partial charge in [0.2, 0.25) is 11.7 Å². The number of unbranched alkanes of at least 4 members (excludes halogenated alkanes) is 11. The first kappa shape index (κ1) is 54.5. The Morgan fingerprint density at radius 3 is 2.29 bits per heavy atom. The molecule has 1 heterocycles. The van der Waals surface area contributed by atoms with E-state index >= 15 is 0 Å². The van der Waals surface area contributed by atoms with E-state index in [1.807, 2.05) is 19.2 Å². The molecule has 4 aliphatic rings. The summed E-state index contributed by atoms with van der Waals surface area (Å²) in [5.74, 6) is -0.697. The molecule has 0 spiro atoms. The Morgan fingerprint density at radius 1 is 0.929 bits per heavy atom. The number of hydrogen-bond donors (Lipinski definition) is 3. The summed E-state index contributed by atoms with van der Waals surface area (Å²) in [4.78, 5) is 46.8. The van der Waals surface area contributed by atoms with Crippen LogP contribution in [0.3, 0.4) is 0 Å². The predicted octanol–water partition coefficient (Wildman–Crippen LogP) is 11.9. The molecule has 1 aliphatic heterocycles. The molecular weight excluding hydrogens is 889 g/mol. The number of nitrogens with zero attached hydrogens (tertiary/aromatic N) is 3. The third-order valence-corrected chi connectivity index (χ3v) is 15.3. The van der Waals surface area contributed by atoms with Crippen LogP contribution in [-0.4, -0.2) is 83.0 Å². The molecule has 0 radical (unpaired) electrons. The van der Waals surface area contributed by atoms with Crippen molar-refractivity contribution in [2.75, 3.05) is 33.4 Å². The molecule has 2 aromatic carbocycles. The van der Waals surface area contributed by atoms with Crippen molar-refractivity contribution in [2.24, 2.45) is 28.8 Å². The quantitative estimate of drug-likeness (QED) is 0.0284. The molecule has 14 heteroatoms. The SMILES string of the molecule is C=CCOC12Oc3ccc(OC(=O)NCCCCCCCCCCCC)cc3C3C(CCCCO)C(CCCCO)C=C(C(=NOCc4ccc([N+](=O)[O-])cc4)CC1N(C)C(=O)CCC1CCCC1)C32. The maximum absolute atomic E-state index is 14.5. The van der Waals surface area contributed by atoms with Gasteiger partial charge in [0, 0.05) is 63.3 Å². The van der Waals surface area contributed by atoms with Crippen LogP contribution in [0.4, 0.5) is 10.5 Å². The first-order valence-corrected chi connectivity index (χ1v) is 26.8. The van der Waals surface area contributed by atoms with E-state index in [0.717, 1.165) is 75.3 Å². The van der Waals surface area contributed by atoms with Crippen LogP contribution < -0.4 is 14.8 Å². The van der Waals surface area contributed by atoms with Crippen molar-refractivity contribution in [3.8, 4) is 11.5 Å². The Morgan fingerprint density at radius 2 is 1.61 bits per heavy atom. The van der Waals surface area contributed by atoms with Gasteiger partial charge in [-0.2, -0.15) is 0 Å². The number of fused-ring (bicyclic) bond motifs is 2. The lowest BCUT2D eigenvalue weighted by molar-refractivity contribution is -0.384. The summed E-state index contributed by atoms with van der Waals surface area (Å²) in [6.07, 6.45) is 26.0. The fourth-order valence-electron chi connectivity index (χ4n) is 11.6. The van der Waals surface area contributed by atoms with Crippen LogP contribution in [0.1, 0.15) is 172 Å². The standard InChI is InChI=1S/C56H82N4O10/c1-4-6-7-8-9-10-11-12-13-18-33-57-55(64)69-45-30-31-50-48(38-45)53-46(24-17-20-35-62)43(23-16-19-34-61)37-47-49(58-68-40-42-25-28-44(29-26-42)60(65)66)39-51(56(70-50,54(47)53)67-36-5-2)59(3)52(63)32-27-41-21-14-15-22-41/h5,25-26,28-31,37-38,41,43,46,51,53-54,61-62H,2,4,6-24,27,32-36,39-40H2,1,3H3,(H,57,64). The van der Waals surface area contributed by atoms with Crippen LogP contribution in [0.15, 0.2) is 71.9 Å². The van der Waals surface area contributed by atoms with E-state index in [1.165, 1.54) is 69.9 Å². The molecule has 2 amide bonds. The second-order valence-corrected chi connectivity index (χ2v) is 20.2. The Bertz CT molecular complexity index is 2040. The van der Waals surface area contributed by atoms with Gasteiger partial charge in [0.25, 0.3) is 5.69 Å². The Labute approximate surface area is 416 Å². The number of carbonyl (C=O) groups excluding carboxylic acids is 2. The minimum atomic E-state index is -1.40. The van der Waals surface area contributed by atoms with Gasteiger partial charge in [-0.3, -0.25) is 14.9 Å². The van der Waals surface area contributed by atoms with Crippen LogP contribution in [0, 0.1) is 33.8 Å². The van der Waals surface area contributed by atoms with E-state index in [1.54, 1.807) is 29.2 Å². The zero-order chi connectivity index (χ0) is 49.7. The fraction of sp³-hybridized carbons (Fsp3) is 0.661. The smallest absolute Gasteiger partial charge is 0.412 e. The predicted molar refractivity (Wildman–Crippen MR) is 273 cm³/mol. The largest absolute Gasteiger partial charge is 0.459 e. The number of nitro groups is 1. The number of benzene rings is 2. The third-order valence-electron chi connectivity index (χ3n) is 15.3. The summed E-state index contributed by atoms with van der Waals surface area (Å²) in [5, 5.41) is 39.2. The Balaban J connectivity index is 1.35. The number of aliphatic hydroxyl groups excluding tert-OH is 2. The van der Waals surface area contributed by atoms with Gasteiger partial charge < -0.3 is 39.5 Å². The fourth-order valence-corrected chi connectivity index (χ4v) is 11.6. The second-order valence-electron chi connectivity index (χ2n) is 20.2. The van der Waals surface area contributed by atoms with Crippen molar-refractivity contribution in [1.29, 1.82) is 0 Å². The summed E-state index contributed by atoms with van der Waals surface area (Å²) in [6, 6.07) is 11.1. The minimum Gasteiger partial charge on any atom is -0.459 e. The van der Waals surface area contributed by atoms with Crippen LogP contribution in [0.2, 0.25) is 0 Å². The van der Waals surface area contributed by atoms with E-state index in [-0.39, 0.29) is 62.2 Å². The number of nitro benzene ring substituents is 1. The molecule has 6 unspecified atom stereocenters. The summed E-state index contributed by atoms with van der Waals surface area (Å²) in [6.45, 7) is 7.14. The highest BCUT2D eigenvalue weighted by atomic mass is 16.7. The molecule has 14 nitrogen and oxygen atoms in total. The van der Waals surface area contributed by atoms with Gasteiger partial charge in [-0.25, -0.2) is 4.79 Å². The maximum Gasteiger partial charge on any atom is 0.412 e. The average Bonchev–Trinajstić information content (AvgIpc) is 3.89. The first-order valence-electron chi connectivity index (χ1n) is 26.8. The van der Waals surface area contributed by atoms with Crippen LogP contribution in [0.5, 0.6) is 11.5 Å². The van der Waals surface area contributed by atoms with E-state index in [9.17, 15) is 29.9 Å². The van der Waals surface area contributed by atoms with E-state index in [2.05, 4.69) is 24.9 Å². The monoisotopic (exact) mass is 971 g/mol. The van der Waals surface area contributed by atoms with Gasteiger partial charge in [-0.15, -0.1) is 6.58 Å². The molecule has 0 saturated heterocycles. The maximum atomic E-state index is 14.5. The number of non-ortho nitro benzene ring substituents is 1. The molecule has 70 heavy (non-hydrogen) atoms. The topological polar surface area (TPSA) is 182 Å². The highest BCUT2D eigenvalue weighted by Crippen LogP contribution is 2.62. The van der Waals surface area contributed by atoms with Gasteiger partial charge in [0.15, 0.2) is 0 Å². The Hall–Kier alpha value is -4.79. The number of ether oxygens (including phenoxy) is 3. The molecule has 2 saturated carbocycles. The molecule has 2 fully saturated rings. The van der Waals surface area contributed by atoms with Gasteiger partial charge in [0.1, 0.15) is 24.1 Å². The lowest BCUT2D eigenvalue weighted by Gasteiger charge is -2.59. The highest BCUT2D eigenvalue weighted by Gasteiger charge is 2.65.